The van der Waals surface area contributed by atoms with E-state index in [4.69, 9.17) is 9.47 Å². The van der Waals surface area contributed by atoms with Crippen LogP contribution in [0.1, 0.15) is 18.1 Å². The Morgan fingerprint density at radius 2 is 1.54 bits per heavy atom. The molecule has 4 nitrogen and oxygen atoms in total. The van der Waals surface area contributed by atoms with Crippen molar-refractivity contribution in [3.05, 3.63) is 83.9 Å². The summed E-state index contributed by atoms with van der Waals surface area (Å²) in [7, 11) is 1.61. The van der Waals surface area contributed by atoms with Crippen LogP contribution in [0.2, 0.25) is 0 Å². The molecule has 3 aromatic rings. The molecular weight excluding hydrogens is 350 g/mol. The predicted molar refractivity (Wildman–Crippen MR) is 112 cm³/mol. The summed E-state index contributed by atoms with van der Waals surface area (Å²) in [4.78, 5) is 12.3. The maximum atomic E-state index is 12.3. The highest BCUT2D eigenvalue weighted by molar-refractivity contribution is 5.79. The van der Waals surface area contributed by atoms with Crippen LogP contribution in [0.15, 0.2) is 72.8 Å². The van der Waals surface area contributed by atoms with Gasteiger partial charge in [-0.1, -0.05) is 60.7 Å². The quantitative estimate of drug-likeness (QED) is 0.625. The SMILES string of the molecule is CCOc1ccc(CNC(=O)Cc2ccc(-c3ccccc3)cc2)cc1OC. The van der Waals surface area contributed by atoms with Gasteiger partial charge in [0, 0.05) is 6.54 Å². The Bertz CT molecular complexity index is 905. The van der Waals surface area contributed by atoms with E-state index < -0.39 is 0 Å². The van der Waals surface area contributed by atoms with Gasteiger partial charge < -0.3 is 14.8 Å². The second kappa shape index (κ2) is 9.60. The van der Waals surface area contributed by atoms with Crippen molar-refractivity contribution in [2.75, 3.05) is 13.7 Å². The van der Waals surface area contributed by atoms with Gasteiger partial charge in [-0.25, -0.2) is 0 Å². The molecule has 0 aliphatic carbocycles. The number of rotatable bonds is 8. The standard InChI is InChI=1S/C24H25NO3/c1-3-28-22-14-11-19(15-23(22)27-2)17-25-24(26)16-18-9-12-21(13-10-18)20-7-5-4-6-8-20/h4-15H,3,16-17H2,1-2H3,(H,25,26). The van der Waals surface area contributed by atoms with Crippen molar-refractivity contribution in [1.82, 2.24) is 5.32 Å². The van der Waals surface area contributed by atoms with E-state index in [1.165, 1.54) is 5.56 Å². The fourth-order valence-corrected chi connectivity index (χ4v) is 2.99. The summed E-state index contributed by atoms with van der Waals surface area (Å²) >= 11 is 0. The summed E-state index contributed by atoms with van der Waals surface area (Å²) in [5.74, 6) is 1.36. The first-order valence-electron chi connectivity index (χ1n) is 9.40. The van der Waals surface area contributed by atoms with Crippen LogP contribution < -0.4 is 14.8 Å². The number of carbonyl (C=O) groups excluding carboxylic acids is 1. The van der Waals surface area contributed by atoms with Crippen molar-refractivity contribution in [3.63, 3.8) is 0 Å². The third kappa shape index (κ3) is 5.13. The molecule has 4 heteroatoms. The molecule has 0 aromatic heterocycles. The average Bonchev–Trinajstić information content (AvgIpc) is 2.74. The Morgan fingerprint density at radius 1 is 0.857 bits per heavy atom. The number of hydrogen-bond donors (Lipinski definition) is 1. The smallest absolute Gasteiger partial charge is 0.224 e. The molecule has 0 aliphatic rings. The lowest BCUT2D eigenvalue weighted by Crippen LogP contribution is -2.24. The second-order valence-corrected chi connectivity index (χ2v) is 6.43. The van der Waals surface area contributed by atoms with Crippen LogP contribution in [-0.4, -0.2) is 19.6 Å². The van der Waals surface area contributed by atoms with Crippen molar-refractivity contribution in [1.29, 1.82) is 0 Å². The summed E-state index contributed by atoms with van der Waals surface area (Å²) in [5, 5.41) is 2.96. The van der Waals surface area contributed by atoms with Gasteiger partial charge in [-0.3, -0.25) is 4.79 Å². The lowest BCUT2D eigenvalue weighted by atomic mass is 10.0. The zero-order chi connectivity index (χ0) is 19.8. The predicted octanol–water partition coefficient (Wildman–Crippen LogP) is 4.62. The minimum Gasteiger partial charge on any atom is -0.493 e. The van der Waals surface area contributed by atoms with E-state index in [2.05, 4.69) is 29.6 Å². The van der Waals surface area contributed by atoms with E-state index in [-0.39, 0.29) is 5.91 Å². The molecule has 3 rings (SSSR count). The van der Waals surface area contributed by atoms with Crippen LogP contribution in [0.4, 0.5) is 0 Å². The van der Waals surface area contributed by atoms with Gasteiger partial charge in [-0.05, 0) is 41.3 Å². The molecule has 0 heterocycles. The van der Waals surface area contributed by atoms with Gasteiger partial charge >= 0.3 is 0 Å². The molecule has 28 heavy (non-hydrogen) atoms. The van der Waals surface area contributed by atoms with Crippen molar-refractivity contribution in [2.24, 2.45) is 0 Å². The van der Waals surface area contributed by atoms with Crippen molar-refractivity contribution in [3.8, 4) is 22.6 Å². The minimum absolute atomic E-state index is 0.0136. The van der Waals surface area contributed by atoms with Crippen LogP contribution in [-0.2, 0) is 17.8 Å². The van der Waals surface area contributed by atoms with Gasteiger partial charge in [0.1, 0.15) is 0 Å². The van der Waals surface area contributed by atoms with Crippen LogP contribution in [0.3, 0.4) is 0 Å². The Labute approximate surface area is 166 Å². The molecule has 3 aromatic carbocycles. The molecular formula is C24H25NO3. The molecule has 0 aliphatic heterocycles. The number of methoxy groups -OCH3 is 1. The summed E-state index contributed by atoms with van der Waals surface area (Å²) in [5.41, 5.74) is 4.27. The normalized spacial score (nSPS) is 10.4. The number of ether oxygens (including phenoxy) is 2. The van der Waals surface area contributed by atoms with Crippen LogP contribution in [0.25, 0.3) is 11.1 Å². The molecule has 0 atom stereocenters. The van der Waals surface area contributed by atoms with Gasteiger partial charge in [0.15, 0.2) is 11.5 Å². The first kappa shape index (κ1) is 19.5. The Morgan fingerprint density at radius 3 is 2.21 bits per heavy atom. The van der Waals surface area contributed by atoms with Crippen molar-refractivity contribution in [2.45, 2.75) is 19.9 Å². The lowest BCUT2D eigenvalue weighted by molar-refractivity contribution is -0.120. The number of nitrogens with one attached hydrogen (secondary N) is 1. The number of amides is 1. The molecule has 1 N–H and O–H groups in total. The Kier molecular flexibility index (Phi) is 6.68. The third-order valence-electron chi connectivity index (χ3n) is 4.44. The van der Waals surface area contributed by atoms with Gasteiger partial charge in [0.2, 0.25) is 5.91 Å². The maximum Gasteiger partial charge on any atom is 0.224 e. The number of benzene rings is 3. The van der Waals surface area contributed by atoms with Crippen LogP contribution in [0, 0.1) is 0 Å². The summed E-state index contributed by atoms with van der Waals surface area (Å²) in [6.07, 6.45) is 0.350. The molecule has 0 saturated heterocycles. The lowest BCUT2D eigenvalue weighted by Gasteiger charge is -2.11. The molecule has 1 amide bonds. The highest BCUT2D eigenvalue weighted by Gasteiger charge is 2.08. The fourth-order valence-electron chi connectivity index (χ4n) is 2.99. The number of hydrogen-bond acceptors (Lipinski definition) is 3. The monoisotopic (exact) mass is 375 g/mol. The highest BCUT2D eigenvalue weighted by Crippen LogP contribution is 2.28. The minimum atomic E-state index is -0.0136. The largest absolute Gasteiger partial charge is 0.493 e. The molecule has 0 spiro atoms. The van der Waals surface area contributed by atoms with Crippen LogP contribution in [0.5, 0.6) is 11.5 Å². The Balaban J connectivity index is 1.56. The molecule has 144 valence electrons. The van der Waals surface area contributed by atoms with E-state index in [1.807, 2.05) is 55.5 Å². The molecule has 0 unspecified atom stereocenters. The first-order chi connectivity index (χ1) is 13.7. The average molecular weight is 375 g/mol. The Hall–Kier alpha value is -3.27. The van der Waals surface area contributed by atoms with Crippen LogP contribution >= 0.6 is 0 Å². The zero-order valence-corrected chi connectivity index (χ0v) is 16.3. The summed E-state index contributed by atoms with van der Waals surface area (Å²) in [6.45, 7) is 2.96. The van der Waals surface area contributed by atoms with E-state index in [0.717, 1.165) is 16.7 Å². The maximum absolute atomic E-state index is 12.3. The molecule has 0 saturated carbocycles. The summed E-state index contributed by atoms with van der Waals surface area (Å²) in [6, 6.07) is 24.0. The van der Waals surface area contributed by atoms with Gasteiger partial charge in [-0.15, -0.1) is 0 Å². The fraction of sp³-hybridized carbons (Fsp3) is 0.208. The van der Waals surface area contributed by atoms with Crippen molar-refractivity contribution < 1.29 is 14.3 Å². The van der Waals surface area contributed by atoms with Gasteiger partial charge in [-0.2, -0.15) is 0 Å². The van der Waals surface area contributed by atoms with E-state index >= 15 is 0 Å². The number of carbonyl (C=O) groups is 1. The molecule has 0 bridgehead atoms. The molecule has 0 fully saturated rings. The van der Waals surface area contributed by atoms with Gasteiger partial charge in [0.25, 0.3) is 0 Å². The summed E-state index contributed by atoms with van der Waals surface area (Å²) < 4.78 is 10.9. The third-order valence-corrected chi connectivity index (χ3v) is 4.44. The first-order valence-corrected chi connectivity index (χ1v) is 9.40. The second-order valence-electron chi connectivity index (χ2n) is 6.43. The zero-order valence-electron chi connectivity index (χ0n) is 16.3. The van der Waals surface area contributed by atoms with E-state index in [0.29, 0.717) is 31.1 Å². The molecule has 0 radical (unpaired) electrons. The van der Waals surface area contributed by atoms with E-state index in [1.54, 1.807) is 7.11 Å². The highest BCUT2D eigenvalue weighted by atomic mass is 16.5. The van der Waals surface area contributed by atoms with Gasteiger partial charge in [0.05, 0.1) is 20.1 Å². The van der Waals surface area contributed by atoms with E-state index in [9.17, 15) is 4.79 Å². The topological polar surface area (TPSA) is 47.6 Å². The van der Waals surface area contributed by atoms with Crippen molar-refractivity contribution >= 4 is 5.91 Å².